The highest BCUT2D eigenvalue weighted by molar-refractivity contribution is 5.97. The largest absolute Gasteiger partial charge is 0.389 e. The first-order valence-corrected chi connectivity index (χ1v) is 7.66. The van der Waals surface area contributed by atoms with Crippen LogP contribution >= 0.6 is 0 Å². The number of amides is 1. The lowest BCUT2D eigenvalue weighted by Crippen LogP contribution is -2.49. The van der Waals surface area contributed by atoms with Gasteiger partial charge in [-0.2, -0.15) is 10.5 Å². The number of hydrogen-bond acceptors (Lipinski definition) is 5. The number of piperazine rings is 1. The fourth-order valence-electron chi connectivity index (χ4n) is 2.43. The Balaban J connectivity index is 1.91. The van der Waals surface area contributed by atoms with Crippen LogP contribution < -0.4 is 10.2 Å². The van der Waals surface area contributed by atoms with Crippen LogP contribution in [-0.2, 0) is 4.79 Å². The number of nitrogens with zero attached hydrogens (tertiary/aromatic N) is 4. The molecule has 7 heteroatoms. The van der Waals surface area contributed by atoms with E-state index < -0.39 is 0 Å². The van der Waals surface area contributed by atoms with Gasteiger partial charge in [-0.3, -0.25) is 4.79 Å². The number of halogens is 1. The van der Waals surface area contributed by atoms with Gasteiger partial charge >= 0.3 is 0 Å². The second-order valence-corrected chi connectivity index (χ2v) is 5.29. The van der Waals surface area contributed by atoms with E-state index in [0.717, 1.165) is 5.69 Å². The lowest BCUT2D eigenvalue weighted by atomic mass is 10.2. The Morgan fingerprint density at radius 1 is 1.21 bits per heavy atom. The predicted octanol–water partition coefficient (Wildman–Crippen LogP) is 1.39. The second-order valence-electron chi connectivity index (χ2n) is 5.29. The molecule has 1 N–H and O–H groups in total. The molecule has 0 radical (unpaired) electrons. The Labute approximate surface area is 140 Å². The highest BCUT2D eigenvalue weighted by Crippen LogP contribution is 2.17. The van der Waals surface area contributed by atoms with Gasteiger partial charge in [-0.25, -0.2) is 4.39 Å². The Morgan fingerprint density at radius 2 is 1.88 bits per heavy atom. The molecular formula is C17H18FN5O. The van der Waals surface area contributed by atoms with E-state index in [0.29, 0.717) is 39.1 Å². The quantitative estimate of drug-likeness (QED) is 0.502. The molecule has 1 heterocycles. The van der Waals surface area contributed by atoms with Crippen molar-refractivity contribution in [1.82, 2.24) is 10.2 Å². The molecule has 6 nitrogen and oxygen atoms in total. The number of hydrogen-bond donors (Lipinski definition) is 1. The molecular weight excluding hydrogens is 309 g/mol. The van der Waals surface area contributed by atoms with Crippen LogP contribution in [0, 0.1) is 28.5 Å². The monoisotopic (exact) mass is 327 g/mol. The second kappa shape index (κ2) is 8.54. The molecule has 1 aromatic carbocycles. The van der Waals surface area contributed by atoms with Crippen molar-refractivity contribution in [2.75, 3.05) is 37.6 Å². The maximum Gasteiger partial charge on any atom is 0.266 e. The third-order valence-corrected chi connectivity index (χ3v) is 3.74. The molecule has 0 atom stereocenters. The Bertz CT molecular complexity index is 678. The van der Waals surface area contributed by atoms with Crippen LogP contribution in [0.3, 0.4) is 0 Å². The summed E-state index contributed by atoms with van der Waals surface area (Å²) in [7, 11) is 0. The topological polar surface area (TPSA) is 83.2 Å². The summed E-state index contributed by atoms with van der Waals surface area (Å²) >= 11 is 0. The van der Waals surface area contributed by atoms with Crippen LogP contribution in [0.4, 0.5) is 10.1 Å². The highest BCUT2D eigenvalue weighted by Gasteiger charge is 2.23. The van der Waals surface area contributed by atoms with E-state index >= 15 is 0 Å². The molecule has 2 rings (SSSR count). The number of nitriles is 2. The summed E-state index contributed by atoms with van der Waals surface area (Å²) in [6, 6.07) is 10.1. The first-order chi connectivity index (χ1) is 11.7. The highest BCUT2D eigenvalue weighted by atomic mass is 19.1. The summed E-state index contributed by atoms with van der Waals surface area (Å²) in [4.78, 5) is 16.0. The van der Waals surface area contributed by atoms with Crippen molar-refractivity contribution in [3.05, 3.63) is 41.9 Å². The van der Waals surface area contributed by atoms with Crippen molar-refractivity contribution in [3.8, 4) is 12.1 Å². The van der Waals surface area contributed by atoms with E-state index in [1.54, 1.807) is 17.0 Å². The summed E-state index contributed by atoms with van der Waals surface area (Å²) in [5, 5.41) is 20.4. The number of carbonyl (C=O) groups is 1. The molecule has 0 saturated carbocycles. The van der Waals surface area contributed by atoms with Gasteiger partial charge in [0.1, 0.15) is 17.5 Å². The van der Waals surface area contributed by atoms with Gasteiger partial charge in [0, 0.05) is 44.6 Å². The third-order valence-electron chi connectivity index (χ3n) is 3.74. The van der Waals surface area contributed by atoms with Crippen LogP contribution in [0.2, 0.25) is 0 Å². The van der Waals surface area contributed by atoms with E-state index in [-0.39, 0.29) is 17.3 Å². The van der Waals surface area contributed by atoms with Crippen LogP contribution in [0.25, 0.3) is 0 Å². The van der Waals surface area contributed by atoms with Crippen molar-refractivity contribution in [2.45, 2.75) is 6.42 Å². The average molecular weight is 327 g/mol. The number of benzene rings is 1. The van der Waals surface area contributed by atoms with Crippen LogP contribution in [0.15, 0.2) is 36.0 Å². The Hall–Kier alpha value is -3.06. The molecule has 1 amide bonds. The lowest BCUT2D eigenvalue weighted by molar-refractivity contribution is -0.127. The average Bonchev–Trinajstić information content (AvgIpc) is 2.62. The summed E-state index contributed by atoms with van der Waals surface area (Å²) in [6.07, 6.45) is 1.67. The normalized spacial score (nSPS) is 14.7. The van der Waals surface area contributed by atoms with Crippen LogP contribution in [0.5, 0.6) is 0 Å². The zero-order valence-corrected chi connectivity index (χ0v) is 13.2. The first kappa shape index (κ1) is 17.3. The third kappa shape index (κ3) is 4.47. The van der Waals surface area contributed by atoms with Crippen molar-refractivity contribution in [1.29, 1.82) is 10.5 Å². The zero-order valence-electron chi connectivity index (χ0n) is 13.2. The molecule has 1 aliphatic heterocycles. The SMILES string of the molecule is N#CCCN/C=C(/C#N)C(=O)N1CCN(c2ccc(F)cc2)CC1. The predicted molar refractivity (Wildman–Crippen MR) is 87.1 cm³/mol. The van der Waals surface area contributed by atoms with Gasteiger partial charge in [0.05, 0.1) is 12.5 Å². The van der Waals surface area contributed by atoms with Gasteiger partial charge in [-0.05, 0) is 24.3 Å². The van der Waals surface area contributed by atoms with Gasteiger partial charge < -0.3 is 15.1 Å². The number of rotatable bonds is 5. The lowest BCUT2D eigenvalue weighted by Gasteiger charge is -2.36. The van der Waals surface area contributed by atoms with Crippen LogP contribution in [-0.4, -0.2) is 43.5 Å². The first-order valence-electron chi connectivity index (χ1n) is 7.66. The number of carbonyl (C=O) groups excluding carboxylic acids is 1. The Morgan fingerprint density at radius 3 is 2.46 bits per heavy atom. The smallest absolute Gasteiger partial charge is 0.266 e. The van der Waals surface area contributed by atoms with E-state index in [9.17, 15) is 9.18 Å². The number of nitrogens with one attached hydrogen (secondary N) is 1. The Kier molecular flexibility index (Phi) is 6.16. The van der Waals surface area contributed by atoms with Crippen molar-refractivity contribution >= 4 is 11.6 Å². The van der Waals surface area contributed by atoms with Crippen molar-refractivity contribution < 1.29 is 9.18 Å². The van der Waals surface area contributed by atoms with Gasteiger partial charge in [-0.1, -0.05) is 0 Å². The van der Waals surface area contributed by atoms with E-state index in [4.69, 9.17) is 10.5 Å². The molecule has 1 fully saturated rings. The van der Waals surface area contributed by atoms with Gasteiger partial charge in [-0.15, -0.1) is 0 Å². The molecule has 0 spiro atoms. The zero-order chi connectivity index (χ0) is 17.4. The fraction of sp³-hybridized carbons (Fsp3) is 0.353. The van der Waals surface area contributed by atoms with Gasteiger partial charge in [0.15, 0.2) is 0 Å². The maximum atomic E-state index is 13.0. The molecule has 0 unspecified atom stereocenters. The summed E-state index contributed by atoms with van der Waals surface area (Å²) in [6.45, 7) is 2.63. The molecule has 124 valence electrons. The fourth-order valence-corrected chi connectivity index (χ4v) is 2.43. The maximum absolute atomic E-state index is 13.0. The summed E-state index contributed by atoms with van der Waals surface area (Å²) in [5.74, 6) is -0.596. The minimum atomic E-state index is -0.319. The van der Waals surface area contributed by atoms with Crippen LogP contribution in [0.1, 0.15) is 6.42 Å². The number of anilines is 1. The molecule has 1 aromatic rings. The van der Waals surface area contributed by atoms with Crippen molar-refractivity contribution in [3.63, 3.8) is 0 Å². The molecule has 0 bridgehead atoms. The van der Waals surface area contributed by atoms with Crippen molar-refractivity contribution in [2.24, 2.45) is 0 Å². The van der Waals surface area contributed by atoms with Gasteiger partial charge in [0.2, 0.25) is 0 Å². The minimum absolute atomic E-state index is 0.0307. The summed E-state index contributed by atoms with van der Waals surface area (Å²) < 4.78 is 13.0. The molecule has 1 saturated heterocycles. The summed E-state index contributed by atoms with van der Waals surface area (Å²) in [5.41, 5.74) is 0.945. The van der Waals surface area contributed by atoms with E-state index in [1.165, 1.54) is 18.3 Å². The molecule has 1 aliphatic rings. The molecule has 0 aliphatic carbocycles. The minimum Gasteiger partial charge on any atom is -0.389 e. The molecule has 0 aromatic heterocycles. The van der Waals surface area contributed by atoms with E-state index in [2.05, 4.69) is 10.2 Å². The van der Waals surface area contributed by atoms with E-state index in [1.807, 2.05) is 12.1 Å². The molecule has 24 heavy (non-hydrogen) atoms. The van der Waals surface area contributed by atoms with Gasteiger partial charge in [0.25, 0.3) is 5.91 Å². The standard InChI is InChI=1S/C17H18FN5O/c18-15-2-4-16(5-3-15)22-8-10-23(11-9-22)17(24)14(12-20)13-21-7-1-6-19/h2-5,13,21H,1,7-11H2/b14-13-.